The van der Waals surface area contributed by atoms with Gasteiger partial charge in [0.2, 0.25) is 0 Å². The van der Waals surface area contributed by atoms with Crippen LogP contribution in [-0.2, 0) is 6.42 Å². The number of benzene rings is 1. The van der Waals surface area contributed by atoms with E-state index in [1.54, 1.807) is 11.3 Å². The number of anilines is 1. The largest absolute Gasteiger partial charge is 0.384 e. The van der Waals surface area contributed by atoms with Crippen molar-refractivity contribution in [2.24, 2.45) is 0 Å². The molecule has 1 atom stereocenters. The van der Waals surface area contributed by atoms with E-state index >= 15 is 0 Å². The van der Waals surface area contributed by atoms with Gasteiger partial charge in [-0.05, 0) is 23.4 Å². The molecular weight excluding hydrogens is 218 g/mol. The summed E-state index contributed by atoms with van der Waals surface area (Å²) in [4.78, 5) is 1.00. The normalized spacial score (nSPS) is 15.6. The SMILES string of the molecule is OC(c1cccs1)c1cccc2c1NCC2. The molecule has 0 radical (unpaired) electrons. The van der Waals surface area contributed by atoms with Crippen molar-refractivity contribution in [1.82, 2.24) is 0 Å². The lowest BCUT2D eigenvalue weighted by Crippen LogP contribution is -2.02. The van der Waals surface area contributed by atoms with Crippen molar-refractivity contribution in [3.63, 3.8) is 0 Å². The molecule has 3 rings (SSSR count). The number of aliphatic hydroxyl groups is 1. The molecule has 0 saturated carbocycles. The first kappa shape index (κ1) is 9.87. The molecule has 16 heavy (non-hydrogen) atoms. The number of hydrogen-bond acceptors (Lipinski definition) is 3. The zero-order valence-corrected chi connectivity index (χ0v) is 9.63. The van der Waals surface area contributed by atoms with Crippen molar-refractivity contribution in [2.75, 3.05) is 11.9 Å². The van der Waals surface area contributed by atoms with Crippen LogP contribution in [0.2, 0.25) is 0 Å². The number of aliphatic hydroxyl groups excluding tert-OH is 1. The second-order valence-electron chi connectivity index (χ2n) is 3.98. The average Bonchev–Trinajstić information content (AvgIpc) is 2.98. The van der Waals surface area contributed by atoms with Crippen molar-refractivity contribution >= 4 is 17.0 Å². The monoisotopic (exact) mass is 231 g/mol. The highest BCUT2D eigenvalue weighted by Crippen LogP contribution is 2.35. The maximum atomic E-state index is 10.3. The molecule has 2 heterocycles. The molecule has 0 spiro atoms. The topological polar surface area (TPSA) is 32.3 Å². The zero-order valence-electron chi connectivity index (χ0n) is 8.81. The summed E-state index contributed by atoms with van der Waals surface area (Å²) >= 11 is 1.59. The molecule has 0 amide bonds. The van der Waals surface area contributed by atoms with Gasteiger partial charge in [-0.3, -0.25) is 0 Å². The number of nitrogens with one attached hydrogen (secondary N) is 1. The van der Waals surface area contributed by atoms with Crippen LogP contribution in [0.15, 0.2) is 35.7 Å². The molecule has 0 fully saturated rings. The fourth-order valence-electron chi connectivity index (χ4n) is 2.19. The summed E-state index contributed by atoms with van der Waals surface area (Å²) < 4.78 is 0. The molecule has 1 aromatic carbocycles. The minimum Gasteiger partial charge on any atom is -0.384 e. The highest BCUT2D eigenvalue weighted by Gasteiger charge is 2.20. The minimum absolute atomic E-state index is 0.499. The summed E-state index contributed by atoms with van der Waals surface area (Å²) in [5.74, 6) is 0. The first-order valence-corrected chi connectivity index (χ1v) is 6.31. The predicted molar refractivity (Wildman–Crippen MR) is 67.0 cm³/mol. The lowest BCUT2D eigenvalue weighted by Gasteiger charge is -2.13. The highest BCUT2D eigenvalue weighted by atomic mass is 32.1. The molecule has 2 aromatic rings. The maximum Gasteiger partial charge on any atom is 0.115 e. The second-order valence-corrected chi connectivity index (χ2v) is 4.96. The van der Waals surface area contributed by atoms with Gasteiger partial charge in [0.1, 0.15) is 6.10 Å². The quantitative estimate of drug-likeness (QED) is 0.833. The Hall–Kier alpha value is -1.32. The highest BCUT2D eigenvalue weighted by molar-refractivity contribution is 7.10. The molecule has 2 nitrogen and oxygen atoms in total. The van der Waals surface area contributed by atoms with E-state index in [0.717, 1.165) is 29.1 Å². The third-order valence-corrected chi connectivity index (χ3v) is 3.91. The molecule has 1 aliphatic rings. The Bertz CT molecular complexity index is 493. The van der Waals surface area contributed by atoms with Crippen LogP contribution in [0.3, 0.4) is 0 Å². The van der Waals surface area contributed by atoms with Crippen molar-refractivity contribution in [3.05, 3.63) is 51.7 Å². The first-order chi connectivity index (χ1) is 7.86. The molecule has 1 aromatic heterocycles. The number of rotatable bonds is 2. The second kappa shape index (κ2) is 3.92. The van der Waals surface area contributed by atoms with Gasteiger partial charge in [-0.1, -0.05) is 24.3 Å². The van der Waals surface area contributed by atoms with E-state index in [4.69, 9.17) is 0 Å². The summed E-state index contributed by atoms with van der Waals surface area (Å²) in [5.41, 5.74) is 3.44. The fraction of sp³-hybridized carbons (Fsp3) is 0.231. The van der Waals surface area contributed by atoms with E-state index in [0.29, 0.717) is 0 Å². The van der Waals surface area contributed by atoms with Crippen molar-refractivity contribution < 1.29 is 5.11 Å². The molecule has 0 saturated heterocycles. The Labute approximate surface area is 98.6 Å². The Morgan fingerprint density at radius 1 is 1.25 bits per heavy atom. The molecule has 0 bridgehead atoms. The predicted octanol–water partition coefficient (Wildman–Crippen LogP) is 2.80. The molecule has 2 N–H and O–H groups in total. The lowest BCUT2D eigenvalue weighted by atomic mass is 10.0. The number of thiophene rings is 1. The van der Waals surface area contributed by atoms with Gasteiger partial charge in [0, 0.05) is 22.7 Å². The van der Waals surface area contributed by atoms with Gasteiger partial charge in [-0.2, -0.15) is 0 Å². The Kier molecular flexibility index (Phi) is 2.42. The van der Waals surface area contributed by atoms with Crippen LogP contribution in [0.4, 0.5) is 5.69 Å². The summed E-state index contributed by atoms with van der Waals surface area (Å²) in [6, 6.07) is 10.1. The van der Waals surface area contributed by atoms with E-state index in [1.165, 1.54) is 5.56 Å². The summed E-state index contributed by atoms with van der Waals surface area (Å²) in [5, 5.41) is 15.7. The van der Waals surface area contributed by atoms with Gasteiger partial charge in [-0.25, -0.2) is 0 Å². The van der Waals surface area contributed by atoms with Crippen LogP contribution in [-0.4, -0.2) is 11.7 Å². The third-order valence-electron chi connectivity index (χ3n) is 2.99. The van der Waals surface area contributed by atoms with Crippen LogP contribution in [0, 0.1) is 0 Å². The smallest absolute Gasteiger partial charge is 0.115 e. The summed E-state index contributed by atoms with van der Waals surface area (Å²) in [6.45, 7) is 0.976. The van der Waals surface area contributed by atoms with Gasteiger partial charge >= 0.3 is 0 Å². The summed E-state index contributed by atoms with van der Waals surface area (Å²) in [6.07, 6.45) is 0.556. The fourth-order valence-corrected chi connectivity index (χ4v) is 2.92. The third kappa shape index (κ3) is 1.52. The lowest BCUT2D eigenvalue weighted by molar-refractivity contribution is 0.225. The number of hydrogen-bond donors (Lipinski definition) is 2. The van der Waals surface area contributed by atoms with Gasteiger partial charge in [0.15, 0.2) is 0 Å². The molecular formula is C13H13NOS. The first-order valence-electron chi connectivity index (χ1n) is 5.43. The molecule has 3 heteroatoms. The van der Waals surface area contributed by atoms with Gasteiger partial charge in [0.05, 0.1) is 0 Å². The van der Waals surface area contributed by atoms with Gasteiger partial charge < -0.3 is 10.4 Å². The number of para-hydroxylation sites is 1. The van der Waals surface area contributed by atoms with E-state index in [9.17, 15) is 5.11 Å². The Balaban J connectivity index is 2.04. The average molecular weight is 231 g/mol. The number of fused-ring (bicyclic) bond motifs is 1. The van der Waals surface area contributed by atoms with Gasteiger partial charge in [-0.15, -0.1) is 11.3 Å². The van der Waals surface area contributed by atoms with E-state index in [2.05, 4.69) is 11.4 Å². The van der Waals surface area contributed by atoms with Crippen LogP contribution in [0.25, 0.3) is 0 Å². The Morgan fingerprint density at radius 2 is 2.19 bits per heavy atom. The standard InChI is InChI=1S/C13H13NOS/c15-13(11-5-2-8-16-11)10-4-1-3-9-6-7-14-12(9)10/h1-5,8,13-15H,6-7H2. The van der Waals surface area contributed by atoms with Crippen molar-refractivity contribution in [3.8, 4) is 0 Å². The maximum absolute atomic E-state index is 10.3. The van der Waals surface area contributed by atoms with Crippen molar-refractivity contribution in [2.45, 2.75) is 12.5 Å². The van der Waals surface area contributed by atoms with E-state index in [1.807, 2.05) is 29.6 Å². The van der Waals surface area contributed by atoms with E-state index in [-0.39, 0.29) is 0 Å². The van der Waals surface area contributed by atoms with E-state index < -0.39 is 6.10 Å². The molecule has 1 unspecified atom stereocenters. The van der Waals surface area contributed by atoms with Gasteiger partial charge in [0.25, 0.3) is 0 Å². The summed E-state index contributed by atoms with van der Waals surface area (Å²) in [7, 11) is 0. The Morgan fingerprint density at radius 3 is 3.00 bits per heavy atom. The van der Waals surface area contributed by atoms with Crippen LogP contribution < -0.4 is 5.32 Å². The minimum atomic E-state index is -0.499. The molecule has 1 aliphatic heterocycles. The molecule has 82 valence electrons. The van der Waals surface area contributed by atoms with Crippen LogP contribution >= 0.6 is 11.3 Å². The molecule has 0 aliphatic carbocycles. The van der Waals surface area contributed by atoms with Crippen LogP contribution in [0.5, 0.6) is 0 Å². The zero-order chi connectivity index (χ0) is 11.0. The van der Waals surface area contributed by atoms with Crippen molar-refractivity contribution in [1.29, 1.82) is 0 Å². The van der Waals surface area contributed by atoms with Crippen LogP contribution in [0.1, 0.15) is 22.1 Å².